The van der Waals surface area contributed by atoms with Crippen LogP contribution in [0, 0.1) is 11.8 Å². The summed E-state index contributed by atoms with van der Waals surface area (Å²) in [5.41, 5.74) is -1.47. The number of aliphatic hydroxyl groups excluding tert-OH is 4. The second kappa shape index (κ2) is 9.86. The minimum atomic E-state index is -1.47. The molecule has 0 bridgehead atoms. The average molecular weight is 434 g/mol. The van der Waals surface area contributed by atoms with Gasteiger partial charge in [0.1, 0.15) is 23.8 Å². The number of carbonyl (C=O) groups excluding carboxylic acids is 2. The molecule has 0 aliphatic carbocycles. The maximum Gasteiger partial charge on any atom is 0.217 e. The molecular formula is C19H34N2O9. The molecule has 6 N–H and O–H groups in total. The second-order valence-corrected chi connectivity index (χ2v) is 8.44. The van der Waals surface area contributed by atoms with Crippen LogP contribution >= 0.6 is 0 Å². The van der Waals surface area contributed by atoms with Crippen molar-refractivity contribution in [3.8, 4) is 0 Å². The van der Waals surface area contributed by atoms with Crippen LogP contribution in [-0.2, 0) is 23.8 Å². The summed E-state index contributed by atoms with van der Waals surface area (Å²) in [4.78, 5) is 23.4. The number of rotatable bonds is 7. The van der Waals surface area contributed by atoms with Crippen molar-refractivity contribution in [2.24, 2.45) is 11.8 Å². The van der Waals surface area contributed by atoms with E-state index in [0.717, 1.165) is 0 Å². The van der Waals surface area contributed by atoms with Gasteiger partial charge in [0.05, 0.1) is 25.4 Å². The molecule has 9 atom stereocenters. The summed E-state index contributed by atoms with van der Waals surface area (Å²) in [6, 6.07) is -2.05. The minimum absolute atomic E-state index is 0.0705. The Morgan fingerprint density at radius 1 is 1.07 bits per heavy atom. The highest BCUT2D eigenvalue weighted by atomic mass is 16.7. The first-order chi connectivity index (χ1) is 14.0. The molecule has 11 nitrogen and oxygen atoms in total. The lowest BCUT2D eigenvalue weighted by Gasteiger charge is -2.48. The summed E-state index contributed by atoms with van der Waals surface area (Å²) in [6.07, 6.45) is -5.62. The van der Waals surface area contributed by atoms with Crippen LogP contribution in [0.25, 0.3) is 0 Å². The fraction of sp³-hybridized carbons (Fsp3) is 0.895. The predicted molar refractivity (Wildman–Crippen MR) is 103 cm³/mol. The van der Waals surface area contributed by atoms with Crippen LogP contribution in [0.15, 0.2) is 0 Å². The van der Waals surface area contributed by atoms with Crippen LogP contribution in [-0.4, -0.2) is 94.0 Å². The molecule has 30 heavy (non-hydrogen) atoms. The van der Waals surface area contributed by atoms with Crippen LogP contribution in [0.1, 0.15) is 34.6 Å². The third kappa shape index (κ3) is 4.93. The van der Waals surface area contributed by atoms with Gasteiger partial charge in [-0.15, -0.1) is 0 Å². The fourth-order valence-electron chi connectivity index (χ4n) is 4.37. The Labute approximate surface area is 175 Å². The fourth-order valence-corrected chi connectivity index (χ4v) is 4.37. The Bertz CT molecular complexity index is 619. The van der Waals surface area contributed by atoms with Gasteiger partial charge in [0.2, 0.25) is 11.8 Å². The molecule has 174 valence electrons. The zero-order chi connectivity index (χ0) is 22.8. The lowest BCUT2D eigenvalue weighted by atomic mass is 9.79. The molecule has 0 aromatic rings. The minimum Gasteiger partial charge on any atom is -0.394 e. The lowest BCUT2D eigenvalue weighted by Crippen LogP contribution is -2.67. The zero-order valence-corrected chi connectivity index (χ0v) is 17.9. The van der Waals surface area contributed by atoms with E-state index in [1.54, 1.807) is 0 Å². The predicted octanol–water partition coefficient (Wildman–Crippen LogP) is -2.17. The normalized spacial score (nSPS) is 41.7. The molecule has 2 saturated heterocycles. The van der Waals surface area contributed by atoms with Crippen molar-refractivity contribution >= 4 is 11.8 Å². The first-order valence-corrected chi connectivity index (χ1v) is 10.1. The van der Waals surface area contributed by atoms with Gasteiger partial charge in [0.15, 0.2) is 12.6 Å². The van der Waals surface area contributed by atoms with Gasteiger partial charge in [0, 0.05) is 19.8 Å². The lowest BCUT2D eigenvalue weighted by molar-refractivity contribution is -0.301. The standard InChI is InChI=1S/C19H34N2O9/c1-8(2)13-11(6-22)28-18(14(15(13)26)20-9(3)24)30-19(5)12(7-23)29-17(27)16(19)21-10(4)25/h8,11-18,22-23,26-27H,6-7H2,1-5H3,(H,20,24)(H,21,25). The van der Waals surface area contributed by atoms with E-state index in [1.807, 2.05) is 13.8 Å². The Morgan fingerprint density at radius 2 is 1.67 bits per heavy atom. The highest BCUT2D eigenvalue weighted by molar-refractivity contribution is 5.73. The Morgan fingerprint density at radius 3 is 2.13 bits per heavy atom. The summed E-state index contributed by atoms with van der Waals surface area (Å²) in [7, 11) is 0. The van der Waals surface area contributed by atoms with Crippen molar-refractivity contribution in [2.75, 3.05) is 13.2 Å². The van der Waals surface area contributed by atoms with Gasteiger partial charge < -0.3 is 45.3 Å². The van der Waals surface area contributed by atoms with Crippen LogP contribution in [0.2, 0.25) is 0 Å². The Balaban J connectivity index is 2.39. The SMILES string of the molecule is CC(=O)NC1C(OC2(C)C(CO)OC(O)C2NC(C)=O)OC(CO)C(C(C)C)C1O. The quantitative estimate of drug-likeness (QED) is 0.261. The molecule has 2 aliphatic heterocycles. The molecule has 0 aromatic carbocycles. The Hall–Kier alpha value is -1.34. The summed E-state index contributed by atoms with van der Waals surface area (Å²) in [5, 5.41) is 46.0. The summed E-state index contributed by atoms with van der Waals surface area (Å²) in [6.45, 7) is 6.88. The van der Waals surface area contributed by atoms with Gasteiger partial charge in [-0.25, -0.2) is 0 Å². The van der Waals surface area contributed by atoms with Crippen molar-refractivity contribution in [2.45, 2.75) is 83.2 Å². The van der Waals surface area contributed by atoms with Crippen LogP contribution in [0.4, 0.5) is 0 Å². The van der Waals surface area contributed by atoms with E-state index in [1.165, 1.54) is 20.8 Å². The third-order valence-corrected chi connectivity index (χ3v) is 5.85. The van der Waals surface area contributed by atoms with Gasteiger partial charge >= 0.3 is 0 Å². The third-order valence-electron chi connectivity index (χ3n) is 5.85. The molecular weight excluding hydrogens is 400 g/mol. The molecule has 2 rings (SSSR count). The maximum absolute atomic E-state index is 11.8. The van der Waals surface area contributed by atoms with Gasteiger partial charge in [-0.1, -0.05) is 13.8 Å². The summed E-state index contributed by atoms with van der Waals surface area (Å²) in [5.74, 6) is -1.43. The average Bonchev–Trinajstić information content (AvgIpc) is 2.87. The van der Waals surface area contributed by atoms with E-state index in [4.69, 9.17) is 14.2 Å². The summed E-state index contributed by atoms with van der Waals surface area (Å²) < 4.78 is 17.4. The number of carbonyl (C=O) groups is 2. The molecule has 11 heteroatoms. The van der Waals surface area contributed by atoms with E-state index >= 15 is 0 Å². The van der Waals surface area contributed by atoms with E-state index in [0.29, 0.717) is 0 Å². The number of aliphatic hydroxyl groups is 4. The molecule has 0 radical (unpaired) electrons. The smallest absolute Gasteiger partial charge is 0.217 e. The number of hydrogen-bond donors (Lipinski definition) is 6. The van der Waals surface area contributed by atoms with E-state index in [-0.39, 0.29) is 12.5 Å². The van der Waals surface area contributed by atoms with Gasteiger partial charge in [-0.3, -0.25) is 9.59 Å². The maximum atomic E-state index is 11.8. The first kappa shape index (κ1) is 24.9. The molecule has 2 heterocycles. The van der Waals surface area contributed by atoms with Crippen molar-refractivity contribution in [3.05, 3.63) is 0 Å². The zero-order valence-electron chi connectivity index (χ0n) is 17.9. The van der Waals surface area contributed by atoms with Crippen molar-refractivity contribution in [1.82, 2.24) is 10.6 Å². The van der Waals surface area contributed by atoms with Crippen LogP contribution < -0.4 is 10.6 Å². The number of hydrogen-bond acceptors (Lipinski definition) is 9. The largest absolute Gasteiger partial charge is 0.394 e. The first-order valence-electron chi connectivity index (χ1n) is 10.1. The molecule has 2 fully saturated rings. The highest BCUT2D eigenvalue weighted by Crippen LogP contribution is 2.39. The van der Waals surface area contributed by atoms with Crippen LogP contribution in [0.5, 0.6) is 0 Å². The molecule has 2 aliphatic rings. The molecule has 0 aromatic heterocycles. The van der Waals surface area contributed by atoms with Crippen LogP contribution in [0.3, 0.4) is 0 Å². The van der Waals surface area contributed by atoms with Crippen molar-refractivity contribution < 1.29 is 44.2 Å². The molecule has 9 unspecified atom stereocenters. The van der Waals surface area contributed by atoms with E-state index < -0.39 is 72.9 Å². The number of amides is 2. The van der Waals surface area contributed by atoms with Gasteiger partial charge in [0.25, 0.3) is 0 Å². The monoisotopic (exact) mass is 434 g/mol. The van der Waals surface area contributed by atoms with E-state index in [2.05, 4.69) is 10.6 Å². The Kier molecular flexibility index (Phi) is 8.19. The van der Waals surface area contributed by atoms with Crippen molar-refractivity contribution in [3.63, 3.8) is 0 Å². The summed E-state index contributed by atoms with van der Waals surface area (Å²) >= 11 is 0. The van der Waals surface area contributed by atoms with Gasteiger partial charge in [-0.2, -0.15) is 0 Å². The molecule has 2 amide bonds. The topological polar surface area (TPSA) is 167 Å². The van der Waals surface area contributed by atoms with E-state index in [9.17, 15) is 30.0 Å². The van der Waals surface area contributed by atoms with Gasteiger partial charge in [-0.05, 0) is 12.8 Å². The number of nitrogens with one attached hydrogen (secondary N) is 2. The molecule has 0 spiro atoms. The highest BCUT2D eigenvalue weighted by Gasteiger charge is 2.58. The number of ether oxygens (including phenoxy) is 3. The second-order valence-electron chi connectivity index (χ2n) is 8.44. The molecule has 0 saturated carbocycles. The van der Waals surface area contributed by atoms with Crippen molar-refractivity contribution in [1.29, 1.82) is 0 Å².